The van der Waals surface area contributed by atoms with E-state index in [0.717, 1.165) is 51.5 Å². The molecule has 1 amide bonds. The molecule has 0 bridgehead atoms. The third-order valence-corrected chi connectivity index (χ3v) is 5.19. The van der Waals surface area contributed by atoms with E-state index in [0.29, 0.717) is 6.04 Å². The van der Waals surface area contributed by atoms with Crippen LogP contribution in [0.5, 0.6) is 0 Å². The molecule has 0 saturated carbocycles. The van der Waals surface area contributed by atoms with Crippen molar-refractivity contribution in [3.8, 4) is 0 Å². The molecule has 0 aromatic heterocycles. The van der Waals surface area contributed by atoms with Crippen molar-refractivity contribution in [1.29, 1.82) is 0 Å². The number of carbonyl (C=O) groups excluding carboxylic acids is 1. The fourth-order valence-electron chi connectivity index (χ4n) is 3.49. The van der Waals surface area contributed by atoms with Crippen LogP contribution in [0.2, 0.25) is 0 Å². The van der Waals surface area contributed by atoms with Gasteiger partial charge in [0.05, 0.1) is 0 Å². The molecular weight excluding hydrogens is 338 g/mol. The van der Waals surface area contributed by atoms with Crippen LogP contribution < -0.4 is 5.32 Å². The van der Waals surface area contributed by atoms with Gasteiger partial charge in [-0.25, -0.2) is 4.99 Å². The number of aliphatic imine (C=N–C) groups is 1. The van der Waals surface area contributed by atoms with Crippen molar-refractivity contribution >= 4 is 11.9 Å². The summed E-state index contributed by atoms with van der Waals surface area (Å²) in [6.45, 7) is 9.52. The zero-order chi connectivity index (χ0) is 19.6. The summed E-state index contributed by atoms with van der Waals surface area (Å²) in [5.74, 6) is 0.882. The number of hydrogen-bond donors (Lipinski definition) is 1. The molecule has 0 spiro atoms. The summed E-state index contributed by atoms with van der Waals surface area (Å²) in [7, 11) is 3.54. The zero-order valence-corrected chi connectivity index (χ0v) is 17.3. The Hall–Kier alpha value is -2.08. The molecule has 1 N–H and O–H groups in total. The number of amides is 1. The molecule has 2 rings (SSSR count). The van der Waals surface area contributed by atoms with E-state index in [9.17, 15) is 4.79 Å². The minimum atomic E-state index is 0.0249. The number of benzene rings is 1. The summed E-state index contributed by atoms with van der Waals surface area (Å²) < 4.78 is 0. The molecular formula is C21H35N5O. The Morgan fingerprint density at radius 2 is 1.93 bits per heavy atom. The lowest BCUT2D eigenvalue weighted by atomic mass is 10.1. The lowest BCUT2D eigenvalue weighted by Gasteiger charge is -2.27. The van der Waals surface area contributed by atoms with Gasteiger partial charge in [0.1, 0.15) is 6.54 Å². The van der Waals surface area contributed by atoms with Crippen molar-refractivity contribution in [2.75, 3.05) is 53.4 Å². The van der Waals surface area contributed by atoms with E-state index in [1.807, 2.05) is 6.07 Å². The quantitative estimate of drug-likeness (QED) is 0.556. The summed E-state index contributed by atoms with van der Waals surface area (Å²) in [5, 5.41) is 3.49. The van der Waals surface area contributed by atoms with Crippen LogP contribution in [-0.4, -0.2) is 86.0 Å². The lowest BCUT2D eigenvalue weighted by Crippen LogP contribution is -2.44. The average molecular weight is 374 g/mol. The Bertz CT molecular complexity index is 598. The summed E-state index contributed by atoms with van der Waals surface area (Å²) >= 11 is 0. The minimum absolute atomic E-state index is 0.0249. The number of nitrogens with one attached hydrogen (secondary N) is 1. The second-order valence-electron chi connectivity index (χ2n) is 7.20. The molecule has 1 aliphatic rings. The third kappa shape index (κ3) is 6.54. The highest BCUT2D eigenvalue weighted by Crippen LogP contribution is 2.15. The van der Waals surface area contributed by atoms with Gasteiger partial charge < -0.3 is 15.1 Å². The Labute approximate surface area is 164 Å². The smallest absolute Gasteiger partial charge is 0.243 e. The molecule has 150 valence electrons. The SMILES string of the molecule is CCN(CC)C1CCN(C(=NCC(=O)N(C)C)NCCc2ccccc2)C1. The first kappa shape index (κ1) is 21.2. The number of hydrogen-bond acceptors (Lipinski definition) is 3. The van der Waals surface area contributed by atoms with Gasteiger partial charge in [-0.2, -0.15) is 0 Å². The van der Waals surface area contributed by atoms with Crippen LogP contribution in [0, 0.1) is 0 Å². The molecule has 6 heteroatoms. The van der Waals surface area contributed by atoms with Crippen molar-refractivity contribution in [3.05, 3.63) is 35.9 Å². The van der Waals surface area contributed by atoms with Crippen LogP contribution in [0.3, 0.4) is 0 Å². The maximum absolute atomic E-state index is 12.0. The maximum Gasteiger partial charge on any atom is 0.243 e. The van der Waals surface area contributed by atoms with Crippen LogP contribution in [-0.2, 0) is 11.2 Å². The highest BCUT2D eigenvalue weighted by atomic mass is 16.2. The molecule has 1 aromatic rings. The summed E-state index contributed by atoms with van der Waals surface area (Å²) in [6.07, 6.45) is 2.08. The van der Waals surface area contributed by atoms with Crippen LogP contribution in [0.25, 0.3) is 0 Å². The fraction of sp³-hybridized carbons (Fsp3) is 0.619. The van der Waals surface area contributed by atoms with E-state index in [-0.39, 0.29) is 12.5 Å². The van der Waals surface area contributed by atoms with Crippen molar-refractivity contribution in [2.45, 2.75) is 32.7 Å². The normalized spacial score (nSPS) is 17.4. The Balaban J connectivity index is 1.99. The molecule has 0 radical (unpaired) electrons. The molecule has 0 aliphatic carbocycles. The van der Waals surface area contributed by atoms with Gasteiger partial charge in [0.15, 0.2) is 5.96 Å². The first-order valence-electron chi connectivity index (χ1n) is 10.1. The van der Waals surface area contributed by atoms with E-state index in [1.165, 1.54) is 5.56 Å². The number of guanidine groups is 1. The van der Waals surface area contributed by atoms with Crippen molar-refractivity contribution in [1.82, 2.24) is 20.0 Å². The fourth-order valence-corrected chi connectivity index (χ4v) is 3.49. The van der Waals surface area contributed by atoms with Gasteiger partial charge in [-0.1, -0.05) is 44.2 Å². The largest absolute Gasteiger partial charge is 0.356 e. The topological polar surface area (TPSA) is 51.2 Å². The minimum Gasteiger partial charge on any atom is -0.356 e. The monoisotopic (exact) mass is 373 g/mol. The summed E-state index contributed by atoms with van der Waals surface area (Å²) in [4.78, 5) is 23.0. The molecule has 1 saturated heterocycles. The van der Waals surface area contributed by atoms with Gasteiger partial charge in [0, 0.05) is 39.8 Å². The van der Waals surface area contributed by atoms with Crippen LogP contribution in [0.4, 0.5) is 0 Å². The molecule has 1 aliphatic heterocycles. The Morgan fingerprint density at radius 3 is 2.56 bits per heavy atom. The van der Waals surface area contributed by atoms with Crippen molar-refractivity contribution in [2.24, 2.45) is 4.99 Å². The molecule has 1 aromatic carbocycles. The highest BCUT2D eigenvalue weighted by Gasteiger charge is 2.28. The number of likely N-dealkylation sites (tertiary alicyclic amines) is 1. The van der Waals surface area contributed by atoms with E-state index in [4.69, 9.17) is 0 Å². The number of nitrogens with zero attached hydrogens (tertiary/aromatic N) is 4. The summed E-state index contributed by atoms with van der Waals surface area (Å²) in [6, 6.07) is 11.0. The van der Waals surface area contributed by atoms with Gasteiger partial charge >= 0.3 is 0 Å². The Morgan fingerprint density at radius 1 is 1.22 bits per heavy atom. The highest BCUT2D eigenvalue weighted by molar-refractivity contribution is 5.85. The third-order valence-electron chi connectivity index (χ3n) is 5.19. The van der Waals surface area contributed by atoms with Gasteiger partial charge in [-0.3, -0.25) is 9.69 Å². The van der Waals surface area contributed by atoms with E-state index in [2.05, 4.69) is 58.2 Å². The second-order valence-corrected chi connectivity index (χ2v) is 7.20. The lowest BCUT2D eigenvalue weighted by molar-refractivity contribution is -0.127. The second kappa shape index (κ2) is 10.9. The molecule has 1 unspecified atom stereocenters. The van der Waals surface area contributed by atoms with Crippen LogP contribution >= 0.6 is 0 Å². The molecule has 27 heavy (non-hydrogen) atoms. The van der Waals surface area contributed by atoms with Crippen molar-refractivity contribution < 1.29 is 4.79 Å². The van der Waals surface area contributed by atoms with E-state index < -0.39 is 0 Å². The van der Waals surface area contributed by atoms with Gasteiger partial charge in [0.25, 0.3) is 0 Å². The van der Waals surface area contributed by atoms with Gasteiger partial charge in [-0.05, 0) is 31.5 Å². The average Bonchev–Trinajstić information content (AvgIpc) is 3.15. The van der Waals surface area contributed by atoms with E-state index in [1.54, 1.807) is 19.0 Å². The standard InChI is InChI=1S/C21H35N5O/c1-5-25(6-2)19-13-15-26(17-19)21(23-16-20(27)24(3)4)22-14-12-18-10-8-7-9-11-18/h7-11,19H,5-6,12-17H2,1-4H3,(H,22,23). The first-order valence-corrected chi connectivity index (χ1v) is 10.1. The number of rotatable bonds is 8. The van der Waals surface area contributed by atoms with E-state index >= 15 is 0 Å². The van der Waals surface area contributed by atoms with Gasteiger partial charge in [-0.15, -0.1) is 0 Å². The summed E-state index contributed by atoms with van der Waals surface area (Å²) in [5.41, 5.74) is 1.30. The molecule has 1 fully saturated rings. The van der Waals surface area contributed by atoms with Crippen LogP contribution in [0.15, 0.2) is 35.3 Å². The number of carbonyl (C=O) groups is 1. The molecule has 1 atom stereocenters. The van der Waals surface area contributed by atoms with Gasteiger partial charge in [0.2, 0.25) is 5.91 Å². The zero-order valence-electron chi connectivity index (χ0n) is 17.3. The molecule has 1 heterocycles. The predicted molar refractivity (Wildman–Crippen MR) is 112 cm³/mol. The van der Waals surface area contributed by atoms with Crippen LogP contribution in [0.1, 0.15) is 25.8 Å². The van der Waals surface area contributed by atoms with Crippen molar-refractivity contribution in [3.63, 3.8) is 0 Å². The first-order chi connectivity index (χ1) is 13.0. The Kier molecular flexibility index (Phi) is 8.58. The number of likely N-dealkylation sites (N-methyl/N-ethyl adjacent to an activating group) is 2. The molecule has 6 nitrogen and oxygen atoms in total. The predicted octanol–water partition coefficient (Wildman–Crippen LogP) is 1.68. The maximum atomic E-state index is 12.0.